The van der Waals surface area contributed by atoms with Crippen LogP contribution in [0.3, 0.4) is 0 Å². The van der Waals surface area contributed by atoms with E-state index in [1.165, 1.54) is 12.1 Å². The highest BCUT2D eigenvalue weighted by atomic mass is 35.5. The Kier molecular flexibility index (Phi) is 5.98. The van der Waals surface area contributed by atoms with E-state index in [1.54, 1.807) is 12.1 Å². The van der Waals surface area contributed by atoms with Gasteiger partial charge in [-0.15, -0.1) is 0 Å². The van der Waals surface area contributed by atoms with Gasteiger partial charge in [-0.2, -0.15) is 0 Å². The van der Waals surface area contributed by atoms with Gasteiger partial charge in [0.15, 0.2) is 11.5 Å². The van der Waals surface area contributed by atoms with E-state index in [1.807, 2.05) is 18.2 Å². The number of nitrogens with one attached hydrogen (secondary N) is 1. The summed E-state index contributed by atoms with van der Waals surface area (Å²) in [4.78, 5) is 4.78. The summed E-state index contributed by atoms with van der Waals surface area (Å²) in [6, 6.07) is 11.9. The average Bonchev–Trinajstić information content (AvgIpc) is 3.18. The molecule has 2 aliphatic heterocycles. The van der Waals surface area contributed by atoms with Crippen LogP contribution in [-0.2, 0) is 10.0 Å². The second-order valence-corrected chi connectivity index (χ2v) is 9.48. The summed E-state index contributed by atoms with van der Waals surface area (Å²) in [6.07, 6.45) is 0. The standard InChI is InChI=1S/C20H24ClN3O4S/c1-23-8-10-24(11-9-23)18(15-2-7-19-20(12-15)28-14-27-19)13-22-29(25,26)17-5-3-16(21)4-6-17/h2-7,12,18,22H,8-11,13-14H2,1H3/t18-/m0/s1. The van der Waals surface area contributed by atoms with Crippen LogP contribution >= 0.6 is 11.6 Å². The second-order valence-electron chi connectivity index (χ2n) is 7.27. The molecule has 0 radical (unpaired) electrons. The molecule has 1 saturated heterocycles. The molecule has 2 aromatic carbocycles. The Morgan fingerprint density at radius 3 is 2.45 bits per heavy atom. The summed E-state index contributed by atoms with van der Waals surface area (Å²) in [6.45, 7) is 4.06. The molecule has 0 spiro atoms. The minimum atomic E-state index is -3.64. The third kappa shape index (κ3) is 4.67. The molecule has 2 heterocycles. The Morgan fingerprint density at radius 2 is 1.72 bits per heavy atom. The molecule has 0 unspecified atom stereocenters. The van der Waals surface area contributed by atoms with Gasteiger partial charge in [-0.25, -0.2) is 13.1 Å². The monoisotopic (exact) mass is 437 g/mol. The molecule has 1 atom stereocenters. The molecule has 9 heteroatoms. The maximum absolute atomic E-state index is 12.8. The van der Waals surface area contributed by atoms with Crippen molar-refractivity contribution in [1.82, 2.24) is 14.5 Å². The minimum Gasteiger partial charge on any atom is -0.454 e. The minimum absolute atomic E-state index is 0.111. The van der Waals surface area contributed by atoms with Crippen molar-refractivity contribution in [2.75, 3.05) is 46.6 Å². The van der Waals surface area contributed by atoms with Crippen molar-refractivity contribution in [1.29, 1.82) is 0 Å². The molecule has 0 aliphatic carbocycles. The van der Waals surface area contributed by atoms with Crippen molar-refractivity contribution in [2.45, 2.75) is 10.9 Å². The molecule has 156 valence electrons. The number of nitrogens with zero attached hydrogens (tertiary/aromatic N) is 2. The third-order valence-corrected chi connectivity index (χ3v) is 7.04. The molecule has 1 fully saturated rings. The zero-order valence-corrected chi connectivity index (χ0v) is 17.7. The summed E-state index contributed by atoms with van der Waals surface area (Å²) in [5, 5.41) is 0.500. The lowest BCUT2D eigenvalue weighted by Crippen LogP contribution is -2.48. The van der Waals surface area contributed by atoms with Crippen LogP contribution in [0.5, 0.6) is 11.5 Å². The first-order valence-electron chi connectivity index (χ1n) is 9.50. The predicted molar refractivity (Wildman–Crippen MR) is 111 cm³/mol. The lowest BCUT2D eigenvalue weighted by atomic mass is 10.0. The van der Waals surface area contributed by atoms with Gasteiger partial charge in [-0.3, -0.25) is 4.90 Å². The van der Waals surface area contributed by atoms with Crippen LogP contribution in [0.25, 0.3) is 0 Å². The summed E-state index contributed by atoms with van der Waals surface area (Å²) in [5.74, 6) is 1.41. The van der Waals surface area contributed by atoms with Crippen LogP contribution in [0.1, 0.15) is 11.6 Å². The normalized spacial score (nSPS) is 18.7. The number of fused-ring (bicyclic) bond motifs is 1. The number of hydrogen-bond donors (Lipinski definition) is 1. The first-order valence-corrected chi connectivity index (χ1v) is 11.4. The Hall–Kier alpha value is -1.84. The topological polar surface area (TPSA) is 71.1 Å². The van der Waals surface area contributed by atoms with Crippen molar-refractivity contribution >= 4 is 21.6 Å². The van der Waals surface area contributed by atoms with Crippen LogP contribution in [0, 0.1) is 0 Å². The van der Waals surface area contributed by atoms with Crippen molar-refractivity contribution in [3.8, 4) is 11.5 Å². The number of halogens is 1. The molecule has 29 heavy (non-hydrogen) atoms. The van der Waals surface area contributed by atoms with E-state index in [0.29, 0.717) is 16.5 Å². The van der Waals surface area contributed by atoms with E-state index >= 15 is 0 Å². The summed E-state index contributed by atoms with van der Waals surface area (Å²) in [7, 11) is -1.55. The Bertz CT molecular complexity index is 960. The van der Waals surface area contributed by atoms with Crippen molar-refractivity contribution in [2.24, 2.45) is 0 Å². The van der Waals surface area contributed by atoms with E-state index in [2.05, 4.69) is 21.6 Å². The van der Waals surface area contributed by atoms with Gasteiger partial charge in [0.1, 0.15) is 0 Å². The largest absolute Gasteiger partial charge is 0.454 e. The molecule has 0 saturated carbocycles. The van der Waals surface area contributed by atoms with Crippen LogP contribution in [0.4, 0.5) is 0 Å². The maximum atomic E-state index is 12.8. The number of sulfonamides is 1. The Morgan fingerprint density at radius 1 is 1.03 bits per heavy atom. The first-order chi connectivity index (χ1) is 13.9. The number of piperazine rings is 1. The molecular formula is C20H24ClN3O4S. The molecule has 0 amide bonds. The lowest BCUT2D eigenvalue weighted by molar-refractivity contribution is 0.112. The molecule has 0 bridgehead atoms. The SMILES string of the molecule is CN1CCN([C@@H](CNS(=O)(=O)c2ccc(Cl)cc2)c2ccc3c(c2)OCO3)CC1. The number of benzene rings is 2. The van der Waals surface area contributed by atoms with Gasteiger partial charge in [0.2, 0.25) is 16.8 Å². The number of ether oxygens (including phenoxy) is 2. The molecule has 7 nitrogen and oxygen atoms in total. The van der Waals surface area contributed by atoms with Crippen LogP contribution in [0.2, 0.25) is 5.02 Å². The van der Waals surface area contributed by atoms with Crippen LogP contribution in [-0.4, -0.2) is 64.8 Å². The number of likely N-dealkylation sites (N-methyl/N-ethyl adjacent to an activating group) is 1. The quantitative estimate of drug-likeness (QED) is 0.748. The Labute approximate surface area is 176 Å². The molecule has 0 aromatic heterocycles. The van der Waals surface area contributed by atoms with Gasteiger partial charge in [-0.1, -0.05) is 17.7 Å². The Balaban J connectivity index is 1.56. The van der Waals surface area contributed by atoms with Crippen LogP contribution in [0.15, 0.2) is 47.4 Å². The van der Waals surface area contributed by atoms with E-state index < -0.39 is 10.0 Å². The van der Waals surface area contributed by atoms with Gasteiger partial charge in [-0.05, 0) is 49.0 Å². The average molecular weight is 438 g/mol. The summed E-state index contributed by atoms with van der Waals surface area (Å²) >= 11 is 5.88. The van der Waals surface area contributed by atoms with E-state index in [-0.39, 0.29) is 24.3 Å². The first kappa shape index (κ1) is 20.4. The highest BCUT2D eigenvalue weighted by molar-refractivity contribution is 7.89. The fourth-order valence-corrected chi connectivity index (χ4v) is 4.76. The molecule has 1 N–H and O–H groups in total. The summed E-state index contributed by atoms with van der Waals surface area (Å²) < 4.78 is 39.3. The molecule has 4 rings (SSSR count). The van der Waals surface area contributed by atoms with E-state index in [4.69, 9.17) is 21.1 Å². The summed E-state index contributed by atoms with van der Waals surface area (Å²) in [5.41, 5.74) is 0.998. The van der Waals surface area contributed by atoms with Gasteiger partial charge >= 0.3 is 0 Å². The third-order valence-electron chi connectivity index (χ3n) is 5.35. The van der Waals surface area contributed by atoms with E-state index in [0.717, 1.165) is 31.7 Å². The van der Waals surface area contributed by atoms with Crippen LogP contribution < -0.4 is 14.2 Å². The van der Waals surface area contributed by atoms with Crippen molar-refractivity contribution in [3.05, 3.63) is 53.1 Å². The zero-order chi connectivity index (χ0) is 20.4. The van der Waals surface area contributed by atoms with Crippen molar-refractivity contribution < 1.29 is 17.9 Å². The fourth-order valence-electron chi connectivity index (χ4n) is 3.60. The van der Waals surface area contributed by atoms with Crippen molar-refractivity contribution in [3.63, 3.8) is 0 Å². The second kappa shape index (κ2) is 8.49. The smallest absolute Gasteiger partial charge is 0.240 e. The number of rotatable bonds is 6. The maximum Gasteiger partial charge on any atom is 0.240 e. The van der Waals surface area contributed by atoms with Gasteiger partial charge in [0, 0.05) is 43.8 Å². The van der Waals surface area contributed by atoms with Gasteiger partial charge in [0.05, 0.1) is 4.90 Å². The van der Waals surface area contributed by atoms with Gasteiger partial charge < -0.3 is 14.4 Å². The van der Waals surface area contributed by atoms with E-state index in [9.17, 15) is 8.42 Å². The highest BCUT2D eigenvalue weighted by Crippen LogP contribution is 2.35. The molecule has 2 aromatic rings. The van der Waals surface area contributed by atoms with Gasteiger partial charge in [0.25, 0.3) is 0 Å². The fraction of sp³-hybridized carbons (Fsp3) is 0.400. The highest BCUT2D eigenvalue weighted by Gasteiger charge is 2.27. The lowest BCUT2D eigenvalue weighted by Gasteiger charge is -2.38. The number of hydrogen-bond acceptors (Lipinski definition) is 6. The molecular weight excluding hydrogens is 414 g/mol. The predicted octanol–water partition coefficient (Wildman–Crippen LogP) is 2.34. The zero-order valence-electron chi connectivity index (χ0n) is 16.2. The molecule has 2 aliphatic rings.